The van der Waals surface area contributed by atoms with E-state index in [1.807, 2.05) is 11.3 Å². The third kappa shape index (κ3) is 4.05. The number of nitrogens with zero attached hydrogens (tertiary/aromatic N) is 4. The van der Waals surface area contributed by atoms with Crippen molar-refractivity contribution in [1.82, 2.24) is 24.8 Å². The largest absolute Gasteiger partial charge is 0.332 e. The molecule has 8 heteroatoms. The summed E-state index contributed by atoms with van der Waals surface area (Å²) >= 11 is 1.82. The van der Waals surface area contributed by atoms with Crippen molar-refractivity contribution in [2.75, 3.05) is 13.1 Å². The predicted molar refractivity (Wildman–Crippen MR) is 119 cm³/mol. The van der Waals surface area contributed by atoms with Gasteiger partial charge in [-0.05, 0) is 57.0 Å². The standard InChI is InChI=1S/C23H25N5O2S/c1-15-4-5-17(31-15)13-27-11-2-3-20(27)21-25-19-14-28(12-8-18(19)22(29)26-21)23(30)16-6-9-24-10-7-16/h4-7,9-10,20H,2-3,8,11-14H2,1H3,(H,25,26,29)/t20-/m0/s1. The van der Waals surface area contributed by atoms with Gasteiger partial charge in [-0.3, -0.25) is 19.5 Å². The van der Waals surface area contributed by atoms with Gasteiger partial charge in [0, 0.05) is 46.4 Å². The Balaban J connectivity index is 1.39. The first kappa shape index (κ1) is 20.1. The van der Waals surface area contributed by atoms with Crippen LogP contribution in [0.3, 0.4) is 0 Å². The molecule has 0 bridgehead atoms. The van der Waals surface area contributed by atoms with E-state index in [1.54, 1.807) is 29.4 Å². The zero-order valence-electron chi connectivity index (χ0n) is 17.5. The minimum Gasteiger partial charge on any atom is -0.332 e. The average Bonchev–Trinajstić information content (AvgIpc) is 3.42. The van der Waals surface area contributed by atoms with Crippen LogP contribution >= 0.6 is 11.3 Å². The Morgan fingerprint density at radius 2 is 2.06 bits per heavy atom. The Bertz CT molecular complexity index is 1160. The van der Waals surface area contributed by atoms with E-state index in [4.69, 9.17) is 4.98 Å². The maximum atomic E-state index is 12.9. The summed E-state index contributed by atoms with van der Waals surface area (Å²) in [5.74, 6) is 0.681. The van der Waals surface area contributed by atoms with Crippen molar-refractivity contribution in [2.24, 2.45) is 0 Å². The number of hydrogen-bond donors (Lipinski definition) is 1. The van der Waals surface area contributed by atoms with Crippen molar-refractivity contribution < 1.29 is 4.79 Å². The minimum absolute atomic E-state index is 0.0489. The first-order valence-electron chi connectivity index (χ1n) is 10.7. The van der Waals surface area contributed by atoms with Crippen molar-refractivity contribution in [3.63, 3.8) is 0 Å². The van der Waals surface area contributed by atoms with Crippen LogP contribution in [0.1, 0.15) is 56.1 Å². The number of pyridine rings is 1. The van der Waals surface area contributed by atoms with Gasteiger partial charge in [-0.2, -0.15) is 0 Å². The fourth-order valence-corrected chi connectivity index (χ4v) is 5.48. The van der Waals surface area contributed by atoms with E-state index in [9.17, 15) is 9.59 Å². The van der Waals surface area contributed by atoms with Gasteiger partial charge in [0.25, 0.3) is 11.5 Å². The Labute approximate surface area is 184 Å². The second-order valence-corrected chi connectivity index (χ2v) is 9.60. The maximum absolute atomic E-state index is 12.9. The average molecular weight is 436 g/mol. The number of aryl methyl sites for hydroxylation is 1. The van der Waals surface area contributed by atoms with E-state index in [2.05, 4.69) is 33.9 Å². The van der Waals surface area contributed by atoms with Crippen molar-refractivity contribution in [3.8, 4) is 0 Å². The summed E-state index contributed by atoms with van der Waals surface area (Å²) in [7, 11) is 0. The fraction of sp³-hybridized carbons (Fsp3) is 0.391. The highest BCUT2D eigenvalue weighted by molar-refractivity contribution is 7.11. The lowest BCUT2D eigenvalue weighted by atomic mass is 10.0. The number of aromatic amines is 1. The lowest BCUT2D eigenvalue weighted by Gasteiger charge is -2.29. The molecule has 0 unspecified atom stereocenters. The van der Waals surface area contributed by atoms with Crippen molar-refractivity contribution in [2.45, 2.75) is 45.3 Å². The van der Waals surface area contributed by atoms with Crippen LogP contribution in [-0.2, 0) is 19.5 Å². The van der Waals surface area contributed by atoms with Crippen LogP contribution in [0.25, 0.3) is 0 Å². The van der Waals surface area contributed by atoms with E-state index in [-0.39, 0.29) is 17.5 Å². The highest BCUT2D eigenvalue weighted by atomic mass is 32.1. The monoisotopic (exact) mass is 435 g/mol. The number of carbonyl (C=O) groups excluding carboxylic acids is 1. The Hall–Kier alpha value is -2.84. The molecule has 3 aromatic heterocycles. The van der Waals surface area contributed by atoms with Crippen LogP contribution in [-0.4, -0.2) is 43.7 Å². The Morgan fingerprint density at radius 1 is 1.23 bits per heavy atom. The quantitative estimate of drug-likeness (QED) is 0.681. The van der Waals surface area contributed by atoms with E-state index in [0.717, 1.165) is 37.4 Å². The van der Waals surface area contributed by atoms with Crippen LogP contribution < -0.4 is 5.56 Å². The fourth-order valence-electron chi connectivity index (χ4n) is 4.56. The van der Waals surface area contributed by atoms with Gasteiger partial charge < -0.3 is 9.88 Å². The van der Waals surface area contributed by atoms with Gasteiger partial charge in [0.05, 0.1) is 18.3 Å². The predicted octanol–water partition coefficient (Wildman–Crippen LogP) is 3.07. The van der Waals surface area contributed by atoms with E-state index in [0.29, 0.717) is 30.6 Å². The molecule has 0 saturated carbocycles. The number of fused-ring (bicyclic) bond motifs is 1. The number of amides is 1. The van der Waals surface area contributed by atoms with Crippen molar-refractivity contribution in [1.29, 1.82) is 0 Å². The number of likely N-dealkylation sites (tertiary alicyclic amines) is 1. The summed E-state index contributed by atoms with van der Waals surface area (Å²) in [4.78, 5) is 44.4. The van der Waals surface area contributed by atoms with Gasteiger partial charge in [-0.25, -0.2) is 4.98 Å². The third-order valence-corrected chi connectivity index (χ3v) is 7.13. The second kappa shape index (κ2) is 8.36. The summed E-state index contributed by atoms with van der Waals surface area (Å²) in [5.41, 5.74) is 1.98. The molecule has 0 aliphatic carbocycles. The van der Waals surface area contributed by atoms with Gasteiger partial charge in [0.15, 0.2) is 0 Å². The van der Waals surface area contributed by atoms with Gasteiger partial charge in [0.2, 0.25) is 0 Å². The first-order valence-corrected chi connectivity index (χ1v) is 11.5. The molecule has 3 aromatic rings. The molecule has 7 nitrogen and oxygen atoms in total. The number of thiophene rings is 1. The molecule has 1 fully saturated rings. The molecule has 2 aliphatic heterocycles. The smallest absolute Gasteiger partial charge is 0.254 e. The number of carbonyl (C=O) groups is 1. The SMILES string of the molecule is Cc1ccc(CN2CCC[C@H]2c2nc3c(c(=O)[nH]2)CCN(C(=O)c2ccncc2)C3)s1. The molecule has 31 heavy (non-hydrogen) atoms. The minimum atomic E-state index is -0.0603. The van der Waals surface area contributed by atoms with E-state index < -0.39 is 0 Å². The summed E-state index contributed by atoms with van der Waals surface area (Å²) in [6.07, 6.45) is 5.83. The molecule has 160 valence electrons. The van der Waals surface area contributed by atoms with Crippen LogP contribution in [0.5, 0.6) is 0 Å². The molecule has 5 rings (SSSR count). The molecule has 1 saturated heterocycles. The molecule has 0 radical (unpaired) electrons. The number of nitrogens with one attached hydrogen (secondary N) is 1. The molecular weight excluding hydrogens is 410 g/mol. The molecule has 1 N–H and O–H groups in total. The van der Waals surface area contributed by atoms with Crippen molar-refractivity contribution >= 4 is 17.2 Å². The molecular formula is C23H25N5O2S. The summed E-state index contributed by atoms with van der Waals surface area (Å²) in [6, 6.07) is 7.88. The van der Waals surface area contributed by atoms with E-state index >= 15 is 0 Å². The van der Waals surface area contributed by atoms with Gasteiger partial charge in [-0.1, -0.05) is 0 Å². The van der Waals surface area contributed by atoms with Gasteiger partial charge in [-0.15, -0.1) is 11.3 Å². The topological polar surface area (TPSA) is 82.2 Å². The number of aromatic nitrogens is 3. The first-order chi connectivity index (χ1) is 15.1. The highest BCUT2D eigenvalue weighted by Crippen LogP contribution is 2.32. The summed E-state index contributed by atoms with van der Waals surface area (Å²) in [5, 5.41) is 0. The van der Waals surface area contributed by atoms with Crippen LogP contribution in [0.2, 0.25) is 0 Å². The lowest BCUT2D eigenvalue weighted by molar-refractivity contribution is 0.0730. The Morgan fingerprint density at radius 3 is 2.84 bits per heavy atom. The Kier molecular flexibility index (Phi) is 5.41. The van der Waals surface area contributed by atoms with Crippen LogP contribution in [0.15, 0.2) is 41.5 Å². The lowest BCUT2D eigenvalue weighted by Crippen LogP contribution is -2.40. The maximum Gasteiger partial charge on any atom is 0.254 e. The number of hydrogen-bond acceptors (Lipinski definition) is 6. The molecule has 1 amide bonds. The number of H-pyrrole nitrogens is 1. The van der Waals surface area contributed by atoms with Crippen molar-refractivity contribution in [3.05, 3.63) is 79.4 Å². The molecule has 0 aromatic carbocycles. The molecule has 0 spiro atoms. The highest BCUT2D eigenvalue weighted by Gasteiger charge is 2.31. The molecule has 5 heterocycles. The summed E-state index contributed by atoms with van der Waals surface area (Å²) < 4.78 is 0. The molecule has 1 atom stereocenters. The number of rotatable bonds is 4. The van der Waals surface area contributed by atoms with Gasteiger partial charge in [0.1, 0.15) is 5.82 Å². The second-order valence-electron chi connectivity index (χ2n) is 8.23. The third-order valence-electron chi connectivity index (χ3n) is 6.14. The molecule has 2 aliphatic rings. The zero-order chi connectivity index (χ0) is 21.4. The zero-order valence-corrected chi connectivity index (χ0v) is 18.3. The van der Waals surface area contributed by atoms with Gasteiger partial charge >= 0.3 is 0 Å². The van der Waals surface area contributed by atoms with E-state index in [1.165, 1.54) is 9.75 Å². The van der Waals surface area contributed by atoms with Crippen LogP contribution in [0, 0.1) is 6.92 Å². The summed E-state index contributed by atoms with van der Waals surface area (Å²) in [6.45, 7) is 4.87. The normalized spacial score (nSPS) is 18.9. The van der Waals surface area contributed by atoms with Crippen LogP contribution in [0.4, 0.5) is 0 Å².